The van der Waals surface area contributed by atoms with Gasteiger partial charge in [-0.05, 0) is 11.5 Å². The van der Waals surface area contributed by atoms with Crippen molar-refractivity contribution in [3.05, 3.63) is 4.88 Å². The number of esters is 1. The summed E-state index contributed by atoms with van der Waals surface area (Å²) in [7, 11) is 1.33. The van der Waals surface area contributed by atoms with Crippen molar-refractivity contribution in [2.75, 3.05) is 18.2 Å². The Hall–Kier alpha value is -1.12. The van der Waals surface area contributed by atoms with Crippen molar-refractivity contribution in [1.82, 2.24) is 4.37 Å². The predicted octanol–water partition coefficient (Wildman–Crippen LogP) is 2.19. The Morgan fingerprint density at radius 2 is 2.35 bits per heavy atom. The van der Waals surface area contributed by atoms with Crippen LogP contribution in [0.15, 0.2) is 5.03 Å². The van der Waals surface area contributed by atoms with Crippen LogP contribution in [-0.2, 0) is 9.53 Å². The highest BCUT2D eigenvalue weighted by Crippen LogP contribution is 2.45. The van der Waals surface area contributed by atoms with Crippen molar-refractivity contribution in [3.63, 3.8) is 0 Å². The zero-order chi connectivity index (χ0) is 12.0. The molecule has 0 atom stereocenters. The second-order valence-corrected chi connectivity index (χ2v) is 6.30. The number of nitrogens with zero attached hydrogens (tertiary/aromatic N) is 1. The topological polar surface area (TPSA) is 68.3 Å². The third kappa shape index (κ3) is 1.63. The molecule has 3 rings (SSSR count). The minimum Gasteiger partial charge on any atom is -0.465 e. The Morgan fingerprint density at radius 3 is 3.12 bits per heavy atom. The van der Waals surface area contributed by atoms with Crippen LogP contribution in [0.4, 0.5) is 5.69 Å². The first kappa shape index (κ1) is 11.0. The van der Waals surface area contributed by atoms with E-state index in [2.05, 4.69) is 9.69 Å². The van der Waals surface area contributed by atoms with Gasteiger partial charge in [0.05, 0.1) is 23.9 Å². The lowest BCUT2D eigenvalue weighted by molar-refractivity contribution is -0.113. The van der Waals surface area contributed by atoms with Gasteiger partial charge in [0.15, 0.2) is 0 Å². The van der Waals surface area contributed by atoms with Crippen LogP contribution in [-0.4, -0.2) is 29.1 Å². The number of aromatic nitrogens is 1. The third-order valence-corrected chi connectivity index (χ3v) is 5.45. The molecular formula is C9H6N2O3S3. The largest absolute Gasteiger partial charge is 0.465 e. The molecule has 5 nitrogen and oxygen atoms in total. The van der Waals surface area contributed by atoms with Crippen molar-refractivity contribution in [3.8, 4) is 0 Å². The zero-order valence-corrected chi connectivity index (χ0v) is 11.1. The number of amides is 1. The van der Waals surface area contributed by atoms with Gasteiger partial charge in [-0.15, -0.1) is 11.3 Å². The van der Waals surface area contributed by atoms with Gasteiger partial charge in [-0.3, -0.25) is 4.79 Å². The molecule has 1 aliphatic rings. The maximum atomic E-state index is 11.6. The molecule has 2 aromatic heterocycles. The van der Waals surface area contributed by atoms with Crippen molar-refractivity contribution >= 4 is 61.6 Å². The standard InChI is InChI=1S/C9H6N2O3S3/c1-14-8(13)6-5-4-7(11-17-9(4)16-6)15-2-3(12)10-5/h2H2,1H3,(H,10,12). The summed E-state index contributed by atoms with van der Waals surface area (Å²) in [4.78, 5) is 23.6. The Bertz CT molecular complexity index is 631. The summed E-state index contributed by atoms with van der Waals surface area (Å²) in [5, 5.41) is 4.43. The highest BCUT2D eigenvalue weighted by molar-refractivity contribution is 8.00. The fraction of sp³-hybridized carbons (Fsp3) is 0.222. The molecule has 0 aliphatic carbocycles. The number of hydrogen-bond acceptors (Lipinski definition) is 7. The fourth-order valence-corrected chi connectivity index (χ4v) is 4.67. The number of ether oxygens (including phenoxy) is 1. The summed E-state index contributed by atoms with van der Waals surface area (Å²) in [5.74, 6) is -0.229. The van der Waals surface area contributed by atoms with E-state index in [1.807, 2.05) is 0 Å². The summed E-state index contributed by atoms with van der Waals surface area (Å²) in [6, 6.07) is 0. The number of anilines is 1. The number of carbonyl (C=O) groups is 2. The fourth-order valence-electron chi connectivity index (χ4n) is 1.56. The molecule has 0 bridgehead atoms. The monoisotopic (exact) mass is 286 g/mol. The Kier molecular flexibility index (Phi) is 2.57. The summed E-state index contributed by atoms with van der Waals surface area (Å²) in [6.45, 7) is 0. The molecular weight excluding hydrogens is 280 g/mol. The maximum absolute atomic E-state index is 11.6. The van der Waals surface area contributed by atoms with Gasteiger partial charge in [0, 0.05) is 0 Å². The SMILES string of the molecule is COC(=O)c1sc2snc3c2c1NC(=O)CS3. The first-order valence-electron chi connectivity index (χ1n) is 4.64. The molecule has 0 saturated heterocycles. The van der Waals surface area contributed by atoms with Crippen LogP contribution in [0.1, 0.15) is 9.67 Å². The lowest BCUT2D eigenvalue weighted by Gasteiger charge is -2.02. The number of thiophene rings is 1. The van der Waals surface area contributed by atoms with Gasteiger partial charge >= 0.3 is 5.97 Å². The smallest absolute Gasteiger partial charge is 0.350 e. The zero-order valence-electron chi connectivity index (χ0n) is 8.60. The molecule has 0 saturated carbocycles. The van der Waals surface area contributed by atoms with Crippen LogP contribution in [0.2, 0.25) is 0 Å². The van der Waals surface area contributed by atoms with Crippen molar-refractivity contribution in [2.45, 2.75) is 5.03 Å². The molecule has 0 spiro atoms. The maximum Gasteiger partial charge on any atom is 0.350 e. The van der Waals surface area contributed by atoms with E-state index < -0.39 is 5.97 Å². The van der Waals surface area contributed by atoms with E-state index in [0.717, 1.165) is 14.4 Å². The second kappa shape index (κ2) is 3.97. The predicted molar refractivity (Wildman–Crippen MR) is 68.2 cm³/mol. The van der Waals surface area contributed by atoms with Crippen LogP contribution in [0.25, 0.3) is 9.40 Å². The second-order valence-electron chi connectivity index (χ2n) is 3.28. The first-order valence-corrected chi connectivity index (χ1v) is 7.21. The van der Waals surface area contributed by atoms with E-state index >= 15 is 0 Å². The third-order valence-electron chi connectivity index (χ3n) is 2.28. The average Bonchev–Trinajstić information content (AvgIpc) is 2.81. The van der Waals surface area contributed by atoms with Gasteiger partial charge in [0.2, 0.25) is 5.91 Å². The molecule has 0 fully saturated rings. The molecule has 2 aromatic rings. The number of thioether (sulfide) groups is 1. The van der Waals surface area contributed by atoms with E-state index in [9.17, 15) is 9.59 Å². The van der Waals surface area contributed by atoms with Crippen molar-refractivity contribution in [1.29, 1.82) is 0 Å². The summed E-state index contributed by atoms with van der Waals surface area (Å²) < 4.78 is 9.93. The van der Waals surface area contributed by atoms with E-state index in [0.29, 0.717) is 16.3 Å². The van der Waals surface area contributed by atoms with Crippen LogP contribution < -0.4 is 5.32 Å². The van der Waals surface area contributed by atoms with Gasteiger partial charge in [0.1, 0.15) is 13.9 Å². The van der Waals surface area contributed by atoms with E-state index in [4.69, 9.17) is 4.74 Å². The molecule has 8 heteroatoms. The quantitative estimate of drug-likeness (QED) is 0.814. The molecule has 0 unspecified atom stereocenters. The molecule has 0 radical (unpaired) electrons. The van der Waals surface area contributed by atoms with Gasteiger partial charge in [-0.2, -0.15) is 4.37 Å². The molecule has 1 aliphatic heterocycles. The van der Waals surface area contributed by atoms with E-state index in [-0.39, 0.29) is 5.91 Å². The van der Waals surface area contributed by atoms with Gasteiger partial charge in [0.25, 0.3) is 0 Å². The number of hydrogen-bond donors (Lipinski definition) is 1. The minimum atomic E-state index is -0.424. The summed E-state index contributed by atoms with van der Waals surface area (Å²) >= 11 is 4.04. The highest BCUT2D eigenvalue weighted by atomic mass is 32.2. The summed E-state index contributed by atoms with van der Waals surface area (Å²) in [5.41, 5.74) is 0.551. The van der Waals surface area contributed by atoms with Crippen molar-refractivity contribution < 1.29 is 14.3 Å². The highest BCUT2D eigenvalue weighted by Gasteiger charge is 2.27. The Labute approximate surface area is 108 Å². The van der Waals surface area contributed by atoms with Gasteiger partial charge < -0.3 is 10.1 Å². The van der Waals surface area contributed by atoms with Crippen LogP contribution in [0.3, 0.4) is 0 Å². The normalized spacial score (nSPS) is 14.5. The summed E-state index contributed by atoms with van der Waals surface area (Å²) in [6.07, 6.45) is 0. The van der Waals surface area contributed by atoms with Gasteiger partial charge in [-0.1, -0.05) is 11.8 Å². The van der Waals surface area contributed by atoms with Crippen LogP contribution in [0.5, 0.6) is 0 Å². The Morgan fingerprint density at radius 1 is 1.53 bits per heavy atom. The lowest BCUT2D eigenvalue weighted by atomic mass is 10.3. The number of rotatable bonds is 1. The number of carbonyl (C=O) groups excluding carboxylic acids is 2. The van der Waals surface area contributed by atoms with Crippen LogP contribution >= 0.6 is 34.6 Å². The Balaban J connectivity index is 2.27. The first-order chi connectivity index (χ1) is 8.20. The molecule has 88 valence electrons. The van der Waals surface area contributed by atoms with Crippen molar-refractivity contribution in [2.24, 2.45) is 0 Å². The molecule has 0 aromatic carbocycles. The minimum absolute atomic E-state index is 0.122. The number of methoxy groups -OCH3 is 1. The van der Waals surface area contributed by atoms with Crippen LogP contribution in [0, 0.1) is 0 Å². The van der Waals surface area contributed by atoms with E-state index in [1.54, 1.807) is 0 Å². The molecule has 1 amide bonds. The average molecular weight is 286 g/mol. The lowest BCUT2D eigenvalue weighted by Crippen LogP contribution is -2.14. The molecule has 17 heavy (non-hydrogen) atoms. The molecule has 1 N–H and O–H groups in total. The molecule has 3 heterocycles. The number of nitrogens with one attached hydrogen (secondary N) is 1. The van der Waals surface area contributed by atoms with E-state index in [1.165, 1.54) is 41.7 Å². The van der Waals surface area contributed by atoms with Gasteiger partial charge in [-0.25, -0.2) is 4.79 Å².